The van der Waals surface area contributed by atoms with Crippen LogP contribution in [0, 0.1) is 11.8 Å². The Bertz CT molecular complexity index is 466. The lowest BCUT2D eigenvalue weighted by Crippen LogP contribution is -2.47. The highest BCUT2D eigenvalue weighted by Crippen LogP contribution is 2.21. The number of rotatable bonds is 6. The summed E-state index contributed by atoms with van der Waals surface area (Å²) in [7, 11) is 0. The quantitative estimate of drug-likeness (QED) is 0.664. The van der Waals surface area contributed by atoms with Gasteiger partial charge in [0.1, 0.15) is 0 Å². The van der Waals surface area contributed by atoms with Crippen molar-refractivity contribution in [2.75, 3.05) is 45.9 Å². The Hall–Kier alpha value is -1.63. The third-order valence-corrected chi connectivity index (χ3v) is 5.03. The van der Waals surface area contributed by atoms with Crippen LogP contribution in [-0.4, -0.2) is 73.6 Å². The van der Waals surface area contributed by atoms with Crippen molar-refractivity contribution >= 4 is 17.8 Å². The minimum Gasteiger partial charge on any atom is -0.466 e. The van der Waals surface area contributed by atoms with Gasteiger partial charge in [-0.25, -0.2) is 0 Å². The van der Waals surface area contributed by atoms with Gasteiger partial charge >= 0.3 is 11.9 Å². The average Bonchev–Trinajstić information content (AvgIpc) is 2.63. The second-order valence-corrected chi connectivity index (χ2v) is 6.71. The summed E-state index contributed by atoms with van der Waals surface area (Å²) in [5.41, 5.74) is 0. The van der Waals surface area contributed by atoms with Crippen LogP contribution < -0.4 is 0 Å². The molecule has 2 rings (SSSR count). The molecule has 2 aliphatic heterocycles. The third-order valence-electron chi connectivity index (χ3n) is 5.03. The van der Waals surface area contributed by atoms with Gasteiger partial charge in [-0.2, -0.15) is 0 Å². The molecule has 0 aliphatic carbocycles. The van der Waals surface area contributed by atoms with Crippen molar-refractivity contribution in [1.82, 2.24) is 9.80 Å². The van der Waals surface area contributed by atoms with Gasteiger partial charge in [-0.15, -0.1) is 0 Å². The molecule has 7 heteroatoms. The molecule has 0 aromatic rings. The molecule has 0 N–H and O–H groups in total. The number of hydrogen-bond acceptors (Lipinski definition) is 6. The minimum atomic E-state index is -0.143. The van der Waals surface area contributed by atoms with Crippen molar-refractivity contribution in [2.45, 2.75) is 39.5 Å². The smallest absolute Gasteiger partial charge is 0.309 e. The third kappa shape index (κ3) is 5.70. The van der Waals surface area contributed by atoms with E-state index in [2.05, 4.69) is 4.90 Å². The molecule has 142 valence electrons. The van der Waals surface area contributed by atoms with Crippen LogP contribution in [0.1, 0.15) is 39.5 Å². The molecule has 1 amide bonds. The largest absolute Gasteiger partial charge is 0.466 e. The molecule has 0 radical (unpaired) electrons. The fourth-order valence-corrected chi connectivity index (χ4v) is 3.50. The number of ether oxygens (including phenoxy) is 2. The molecule has 0 aromatic heterocycles. The molecule has 2 saturated heterocycles. The summed E-state index contributed by atoms with van der Waals surface area (Å²) < 4.78 is 10.1. The maximum absolute atomic E-state index is 12.5. The van der Waals surface area contributed by atoms with Crippen molar-refractivity contribution in [2.24, 2.45) is 11.8 Å². The zero-order valence-electron chi connectivity index (χ0n) is 15.4. The summed E-state index contributed by atoms with van der Waals surface area (Å²) in [6.45, 7) is 7.55. The summed E-state index contributed by atoms with van der Waals surface area (Å²) in [5, 5.41) is 0. The lowest BCUT2D eigenvalue weighted by atomic mass is 9.96. The molecule has 0 saturated carbocycles. The van der Waals surface area contributed by atoms with Crippen molar-refractivity contribution in [3.8, 4) is 0 Å². The van der Waals surface area contributed by atoms with Gasteiger partial charge in [0.2, 0.25) is 5.91 Å². The number of nitrogens with zero attached hydrogens (tertiary/aromatic N) is 2. The predicted molar refractivity (Wildman–Crippen MR) is 91.7 cm³/mol. The van der Waals surface area contributed by atoms with Gasteiger partial charge in [-0.3, -0.25) is 19.3 Å². The molecular weight excluding hydrogens is 324 g/mol. The van der Waals surface area contributed by atoms with E-state index >= 15 is 0 Å². The standard InChI is InChI=1S/C18H30N2O5/c1-3-24-17(22)14-5-9-19(10-6-14)13-16(21)20-11-7-15(8-12-20)18(23)25-4-2/h14-15H,3-13H2,1-2H3. The number of likely N-dealkylation sites (tertiary alicyclic amines) is 2. The van der Waals surface area contributed by atoms with E-state index in [9.17, 15) is 14.4 Å². The first-order chi connectivity index (χ1) is 12.0. The maximum atomic E-state index is 12.5. The number of amides is 1. The predicted octanol–water partition coefficient (Wildman–Crippen LogP) is 1.06. The van der Waals surface area contributed by atoms with Crippen LogP contribution in [0.5, 0.6) is 0 Å². The molecule has 0 spiro atoms. The first kappa shape index (κ1) is 19.7. The Kier molecular flexibility index (Phi) is 7.68. The van der Waals surface area contributed by atoms with E-state index in [0.717, 1.165) is 25.9 Å². The highest BCUT2D eigenvalue weighted by atomic mass is 16.5. The van der Waals surface area contributed by atoms with Crippen molar-refractivity contribution in [3.05, 3.63) is 0 Å². The van der Waals surface area contributed by atoms with E-state index in [-0.39, 0.29) is 29.7 Å². The number of carbonyl (C=O) groups is 3. The number of hydrogen-bond donors (Lipinski definition) is 0. The van der Waals surface area contributed by atoms with Gasteiger partial charge in [0, 0.05) is 13.1 Å². The summed E-state index contributed by atoms with van der Waals surface area (Å²) in [6.07, 6.45) is 2.85. The van der Waals surface area contributed by atoms with E-state index < -0.39 is 0 Å². The van der Waals surface area contributed by atoms with Crippen molar-refractivity contribution in [1.29, 1.82) is 0 Å². The Morgan fingerprint density at radius 3 is 1.68 bits per heavy atom. The zero-order chi connectivity index (χ0) is 18.2. The molecule has 2 fully saturated rings. The highest BCUT2D eigenvalue weighted by molar-refractivity contribution is 5.79. The van der Waals surface area contributed by atoms with E-state index in [1.54, 1.807) is 0 Å². The van der Waals surface area contributed by atoms with E-state index in [0.29, 0.717) is 45.7 Å². The summed E-state index contributed by atoms with van der Waals surface area (Å²) in [6, 6.07) is 0. The zero-order valence-corrected chi connectivity index (χ0v) is 15.4. The normalized spacial score (nSPS) is 20.3. The topological polar surface area (TPSA) is 76.2 Å². The molecule has 0 bridgehead atoms. The molecule has 0 unspecified atom stereocenters. The van der Waals surface area contributed by atoms with Crippen molar-refractivity contribution < 1.29 is 23.9 Å². The Morgan fingerprint density at radius 2 is 1.24 bits per heavy atom. The maximum Gasteiger partial charge on any atom is 0.309 e. The molecule has 0 atom stereocenters. The number of piperidine rings is 2. The van der Waals surface area contributed by atoms with Gasteiger partial charge < -0.3 is 14.4 Å². The fraction of sp³-hybridized carbons (Fsp3) is 0.833. The molecular formula is C18H30N2O5. The second-order valence-electron chi connectivity index (χ2n) is 6.71. The van der Waals surface area contributed by atoms with Crippen LogP contribution in [-0.2, 0) is 23.9 Å². The average molecular weight is 354 g/mol. The summed E-state index contributed by atoms with van der Waals surface area (Å²) in [4.78, 5) is 39.9. The molecule has 7 nitrogen and oxygen atoms in total. The lowest BCUT2D eigenvalue weighted by Gasteiger charge is -2.34. The Balaban J connectivity index is 1.70. The lowest BCUT2D eigenvalue weighted by molar-refractivity contribution is -0.152. The van der Waals surface area contributed by atoms with E-state index in [4.69, 9.17) is 9.47 Å². The SMILES string of the molecule is CCOC(=O)C1CCN(CC(=O)N2CCC(C(=O)OCC)CC2)CC1. The van der Waals surface area contributed by atoms with Gasteiger partial charge in [0.05, 0.1) is 31.6 Å². The second kappa shape index (κ2) is 9.75. The van der Waals surface area contributed by atoms with E-state index in [1.165, 1.54) is 0 Å². The Labute approximate surface area is 149 Å². The molecule has 2 heterocycles. The molecule has 25 heavy (non-hydrogen) atoms. The monoisotopic (exact) mass is 354 g/mol. The molecule has 2 aliphatic rings. The van der Waals surface area contributed by atoms with Crippen LogP contribution in [0.15, 0.2) is 0 Å². The van der Waals surface area contributed by atoms with E-state index in [1.807, 2.05) is 18.7 Å². The number of esters is 2. The van der Waals surface area contributed by atoms with Gasteiger partial charge in [-0.1, -0.05) is 0 Å². The van der Waals surface area contributed by atoms with Crippen LogP contribution in [0.25, 0.3) is 0 Å². The minimum absolute atomic E-state index is 0.0355. The first-order valence-corrected chi connectivity index (χ1v) is 9.38. The van der Waals surface area contributed by atoms with Crippen LogP contribution in [0.3, 0.4) is 0 Å². The number of carbonyl (C=O) groups excluding carboxylic acids is 3. The van der Waals surface area contributed by atoms with Crippen LogP contribution >= 0.6 is 0 Å². The highest BCUT2D eigenvalue weighted by Gasteiger charge is 2.30. The Morgan fingerprint density at radius 1 is 0.800 bits per heavy atom. The van der Waals surface area contributed by atoms with Crippen molar-refractivity contribution in [3.63, 3.8) is 0 Å². The first-order valence-electron chi connectivity index (χ1n) is 9.38. The van der Waals surface area contributed by atoms with Gasteiger partial charge in [0.15, 0.2) is 0 Å². The summed E-state index contributed by atoms with van der Waals surface area (Å²) in [5.74, 6) is -0.266. The molecule has 0 aromatic carbocycles. The van der Waals surface area contributed by atoms with Gasteiger partial charge in [0.25, 0.3) is 0 Å². The van der Waals surface area contributed by atoms with Crippen LogP contribution in [0.2, 0.25) is 0 Å². The summed E-state index contributed by atoms with van der Waals surface area (Å²) >= 11 is 0. The fourth-order valence-electron chi connectivity index (χ4n) is 3.50. The van der Waals surface area contributed by atoms with Crippen LogP contribution in [0.4, 0.5) is 0 Å². The van der Waals surface area contributed by atoms with Gasteiger partial charge in [-0.05, 0) is 52.6 Å².